The number of pyridine rings is 2. The Labute approximate surface area is 174 Å². The molecule has 0 saturated carbocycles. The first-order chi connectivity index (χ1) is 14.7. The molecular formula is C23H23FN6. The normalized spacial score (nSPS) is 17.9. The predicted molar refractivity (Wildman–Crippen MR) is 115 cm³/mol. The first kappa shape index (κ1) is 18.7. The predicted octanol–water partition coefficient (Wildman–Crippen LogP) is 4.08. The molecule has 0 radical (unpaired) electrons. The summed E-state index contributed by atoms with van der Waals surface area (Å²) in [6.07, 6.45) is 3.76. The van der Waals surface area contributed by atoms with E-state index in [1.807, 2.05) is 30.3 Å². The molecule has 0 amide bonds. The molecule has 1 aliphatic rings. The summed E-state index contributed by atoms with van der Waals surface area (Å²) in [6, 6.07) is 17.0. The SMILES string of the molecule is NC(c1ccccc1)C1CCCN(c2ccc(F)c(-c3n[nH]c4ncccc34)n2)C1. The van der Waals surface area contributed by atoms with Crippen LogP contribution in [-0.4, -0.2) is 33.3 Å². The van der Waals surface area contributed by atoms with E-state index in [0.717, 1.165) is 42.7 Å². The van der Waals surface area contributed by atoms with Gasteiger partial charge in [0.05, 0.1) is 0 Å². The van der Waals surface area contributed by atoms with Crippen LogP contribution in [0.2, 0.25) is 0 Å². The van der Waals surface area contributed by atoms with Crippen molar-refractivity contribution in [2.75, 3.05) is 18.0 Å². The van der Waals surface area contributed by atoms with Gasteiger partial charge in [-0.15, -0.1) is 0 Å². The van der Waals surface area contributed by atoms with Crippen LogP contribution in [0.15, 0.2) is 60.8 Å². The molecule has 1 fully saturated rings. The molecule has 2 unspecified atom stereocenters. The number of nitrogens with zero attached hydrogens (tertiary/aromatic N) is 4. The van der Waals surface area contributed by atoms with Gasteiger partial charge in [-0.1, -0.05) is 30.3 Å². The highest BCUT2D eigenvalue weighted by atomic mass is 19.1. The summed E-state index contributed by atoms with van der Waals surface area (Å²) in [6.45, 7) is 1.66. The van der Waals surface area contributed by atoms with Crippen LogP contribution < -0.4 is 10.6 Å². The zero-order chi connectivity index (χ0) is 20.5. The summed E-state index contributed by atoms with van der Waals surface area (Å²) in [5.41, 5.74) is 9.05. The molecule has 4 heterocycles. The summed E-state index contributed by atoms with van der Waals surface area (Å²) >= 11 is 0. The molecule has 152 valence electrons. The highest BCUT2D eigenvalue weighted by Gasteiger charge is 2.27. The number of aromatic nitrogens is 4. The monoisotopic (exact) mass is 402 g/mol. The van der Waals surface area contributed by atoms with E-state index in [4.69, 9.17) is 5.73 Å². The Bertz CT molecular complexity index is 1160. The van der Waals surface area contributed by atoms with Gasteiger partial charge in [-0.2, -0.15) is 5.10 Å². The van der Waals surface area contributed by atoms with E-state index < -0.39 is 5.82 Å². The van der Waals surface area contributed by atoms with Gasteiger partial charge in [0, 0.05) is 30.7 Å². The summed E-state index contributed by atoms with van der Waals surface area (Å²) in [7, 11) is 0. The second-order valence-corrected chi connectivity index (χ2v) is 7.76. The van der Waals surface area contributed by atoms with E-state index in [-0.39, 0.29) is 11.7 Å². The standard InChI is InChI=1S/C23H23FN6/c24-18-10-11-19(27-22(18)21-17-9-4-12-26-23(17)29-28-21)30-13-5-8-16(14-30)20(25)15-6-2-1-3-7-15/h1-4,6-7,9-12,16,20H,5,8,13-14,25H2,(H,26,28,29). The van der Waals surface area contributed by atoms with Gasteiger partial charge >= 0.3 is 0 Å². The topological polar surface area (TPSA) is 83.7 Å². The zero-order valence-corrected chi connectivity index (χ0v) is 16.5. The molecular weight excluding hydrogens is 379 g/mol. The molecule has 5 rings (SSSR count). The van der Waals surface area contributed by atoms with Crippen molar-refractivity contribution in [3.05, 3.63) is 72.2 Å². The van der Waals surface area contributed by atoms with Crippen molar-refractivity contribution in [3.8, 4) is 11.4 Å². The lowest BCUT2D eigenvalue weighted by Gasteiger charge is -2.36. The van der Waals surface area contributed by atoms with E-state index in [2.05, 4.69) is 37.2 Å². The Morgan fingerprint density at radius 2 is 1.93 bits per heavy atom. The Kier molecular flexibility index (Phi) is 4.88. The van der Waals surface area contributed by atoms with Gasteiger partial charge in [-0.25, -0.2) is 14.4 Å². The number of nitrogens with two attached hydrogens (primary N) is 1. The summed E-state index contributed by atoms with van der Waals surface area (Å²) in [5, 5.41) is 7.88. The number of hydrogen-bond donors (Lipinski definition) is 2. The minimum Gasteiger partial charge on any atom is -0.356 e. The van der Waals surface area contributed by atoms with Gasteiger partial charge in [-0.3, -0.25) is 5.10 Å². The molecule has 3 N–H and O–H groups in total. The molecule has 1 aromatic carbocycles. The van der Waals surface area contributed by atoms with Crippen LogP contribution >= 0.6 is 0 Å². The van der Waals surface area contributed by atoms with Crippen molar-refractivity contribution in [3.63, 3.8) is 0 Å². The van der Waals surface area contributed by atoms with Crippen molar-refractivity contribution in [1.29, 1.82) is 0 Å². The number of anilines is 1. The fourth-order valence-electron chi connectivity index (χ4n) is 4.27. The lowest BCUT2D eigenvalue weighted by molar-refractivity contribution is 0.354. The number of piperidine rings is 1. The third-order valence-corrected chi connectivity index (χ3v) is 5.87. The van der Waals surface area contributed by atoms with E-state index in [0.29, 0.717) is 17.3 Å². The van der Waals surface area contributed by atoms with Crippen LogP contribution in [0.1, 0.15) is 24.4 Å². The number of aromatic amines is 1. The molecule has 1 aliphatic heterocycles. The van der Waals surface area contributed by atoms with Gasteiger partial charge in [0.15, 0.2) is 11.5 Å². The smallest absolute Gasteiger partial charge is 0.155 e. The van der Waals surface area contributed by atoms with E-state index in [9.17, 15) is 4.39 Å². The fourth-order valence-corrected chi connectivity index (χ4v) is 4.27. The molecule has 30 heavy (non-hydrogen) atoms. The first-order valence-corrected chi connectivity index (χ1v) is 10.2. The van der Waals surface area contributed by atoms with E-state index in [1.165, 1.54) is 6.07 Å². The summed E-state index contributed by atoms with van der Waals surface area (Å²) < 4.78 is 14.7. The van der Waals surface area contributed by atoms with Crippen LogP contribution in [0.3, 0.4) is 0 Å². The zero-order valence-electron chi connectivity index (χ0n) is 16.5. The lowest BCUT2D eigenvalue weighted by atomic mass is 9.87. The lowest BCUT2D eigenvalue weighted by Crippen LogP contribution is -2.40. The number of benzene rings is 1. The van der Waals surface area contributed by atoms with Crippen LogP contribution in [0.5, 0.6) is 0 Å². The fraction of sp³-hybridized carbons (Fsp3) is 0.261. The number of rotatable bonds is 4. The third kappa shape index (κ3) is 3.41. The molecule has 0 aliphatic carbocycles. The maximum atomic E-state index is 14.7. The van der Waals surface area contributed by atoms with Crippen molar-refractivity contribution in [1.82, 2.24) is 20.2 Å². The van der Waals surface area contributed by atoms with E-state index >= 15 is 0 Å². The van der Waals surface area contributed by atoms with Crippen molar-refractivity contribution in [2.45, 2.75) is 18.9 Å². The number of nitrogens with one attached hydrogen (secondary N) is 1. The maximum absolute atomic E-state index is 14.7. The summed E-state index contributed by atoms with van der Waals surface area (Å²) in [4.78, 5) is 11.1. The molecule has 6 nitrogen and oxygen atoms in total. The minimum atomic E-state index is -0.398. The van der Waals surface area contributed by atoms with Crippen LogP contribution in [0, 0.1) is 11.7 Å². The van der Waals surface area contributed by atoms with E-state index in [1.54, 1.807) is 12.3 Å². The number of halogens is 1. The molecule has 7 heteroatoms. The van der Waals surface area contributed by atoms with Crippen molar-refractivity contribution in [2.24, 2.45) is 11.7 Å². The minimum absolute atomic E-state index is 0.0322. The Morgan fingerprint density at radius 1 is 1.07 bits per heavy atom. The molecule has 2 atom stereocenters. The average Bonchev–Trinajstić information content (AvgIpc) is 3.23. The van der Waals surface area contributed by atoms with Crippen molar-refractivity contribution >= 4 is 16.9 Å². The molecule has 4 aromatic rings. The highest BCUT2D eigenvalue weighted by molar-refractivity contribution is 5.89. The molecule has 3 aromatic heterocycles. The second kappa shape index (κ2) is 7.84. The number of fused-ring (bicyclic) bond motifs is 1. The van der Waals surface area contributed by atoms with Gasteiger partial charge < -0.3 is 10.6 Å². The van der Waals surface area contributed by atoms with Gasteiger partial charge in [0.25, 0.3) is 0 Å². The average molecular weight is 402 g/mol. The Balaban J connectivity index is 1.44. The third-order valence-electron chi connectivity index (χ3n) is 5.87. The van der Waals surface area contributed by atoms with Crippen LogP contribution in [0.25, 0.3) is 22.4 Å². The number of hydrogen-bond acceptors (Lipinski definition) is 5. The molecule has 1 saturated heterocycles. The quantitative estimate of drug-likeness (QED) is 0.537. The van der Waals surface area contributed by atoms with Crippen molar-refractivity contribution < 1.29 is 4.39 Å². The summed E-state index contributed by atoms with van der Waals surface area (Å²) in [5.74, 6) is 0.661. The largest absolute Gasteiger partial charge is 0.356 e. The highest BCUT2D eigenvalue weighted by Crippen LogP contribution is 2.32. The first-order valence-electron chi connectivity index (χ1n) is 10.2. The second-order valence-electron chi connectivity index (χ2n) is 7.76. The number of H-pyrrole nitrogens is 1. The van der Waals surface area contributed by atoms with Crippen LogP contribution in [0.4, 0.5) is 10.2 Å². The van der Waals surface area contributed by atoms with Gasteiger partial charge in [0.1, 0.15) is 17.2 Å². The molecule has 0 bridgehead atoms. The van der Waals surface area contributed by atoms with Crippen LogP contribution in [-0.2, 0) is 0 Å². The Hall–Kier alpha value is -3.32. The molecule has 0 spiro atoms. The van der Waals surface area contributed by atoms with Gasteiger partial charge in [-0.05, 0) is 48.6 Å². The van der Waals surface area contributed by atoms with Gasteiger partial charge in [0.2, 0.25) is 0 Å². The Morgan fingerprint density at radius 3 is 2.80 bits per heavy atom. The maximum Gasteiger partial charge on any atom is 0.155 e.